The van der Waals surface area contributed by atoms with E-state index in [4.69, 9.17) is 37.0 Å². The first-order chi connectivity index (χ1) is 41.6. The number of unbranched alkanes of at least 4 members (excludes halogenated alkanes) is 31. The fourth-order valence-electron chi connectivity index (χ4n) is 10.1. The minimum atomic E-state index is -4.95. The Hall–Kier alpha value is -1.94. The van der Waals surface area contributed by atoms with Gasteiger partial charge in [0.05, 0.1) is 26.4 Å². The highest BCUT2D eigenvalue weighted by molar-refractivity contribution is 7.47. The van der Waals surface area contributed by atoms with Crippen molar-refractivity contribution in [3.63, 3.8) is 0 Å². The number of ether oxygens (including phenoxy) is 4. The van der Waals surface area contributed by atoms with Crippen molar-refractivity contribution >= 4 is 39.5 Å². The van der Waals surface area contributed by atoms with E-state index in [1.54, 1.807) is 0 Å². The number of aliphatic hydroxyl groups excluding tert-OH is 1. The van der Waals surface area contributed by atoms with Crippen molar-refractivity contribution < 1.29 is 80.2 Å². The van der Waals surface area contributed by atoms with Gasteiger partial charge in [-0.25, -0.2) is 9.13 Å². The van der Waals surface area contributed by atoms with Gasteiger partial charge in [0.15, 0.2) is 12.2 Å². The van der Waals surface area contributed by atoms with Crippen LogP contribution in [0.25, 0.3) is 0 Å². The topological polar surface area (TPSA) is 237 Å². The van der Waals surface area contributed by atoms with Crippen molar-refractivity contribution in [2.75, 3.05) is 39.6 Å². The second kappa shape index (κ2) is 57.9. The lowest BCUT2D eigenvalue weighted by Crippen LogP contribution is -2.30. The largest absolute Gasteiger partial charge is 0.472 e. The van der Waals surface area contributed by atoms with Crippen LogP contribution in [0.4, 0.5) is 0 Å². The number of hydrogen-bond acceptors (Lipinski definition) is 15. The van der Waals surface area contributed by atoms with Crippen LogP contribution in [0, 0.1) is 23.7 Å². The SMILES string of the molecule is CC(C)CCCCCCCCCCCCCCCC(=O)OC[C@H](COP(=O)(O)OC[C@@H](O)COP(=O)(O)OC[C@@H](COC(=O)CCCCCCCCC(C)C)OC(=O)CCCCCCCCCCC(C)C)OC(=O)CCCCCCCCCCC(C)C. The molecule has 0 aromatic carbocycles. The summed E-state index contributed by atoms with van der Waals surface area (Å²) in [6, 6.07) is 0. The number of aliphatic hydroxyl groups is 1. The molecule has 5 atom stereocenters. The highest BCUT2D eigenvalue weighted by atomic mass is 31.2. The fraction of sp³-hybridized carbons (Fsp3) is 0.941. The molecule has 0 amide bonds. The predicted molar refractivity (Wildman–Crippen MR) is 349 cm³/mol. The molecular formula is C68H132O17P2. The Bertz CT molecular complexity index is 1730. The summed E-state index contributed by atoms with van der Waals surface area (Å²) >= 11 is 0. The maximum absolute atomic E-state index is 13.0. The molecule has 0 radical (unpaired) electrons. The first kappa shape index (κ1) is 85.1. The number of carbonyl (C=O) groups is 4. The minimum Gasteiger partial charge on any atom is -0.462 e. The van der Waals surface area contributed by atoms with Gasteiger partial charge in [0.1, 0.15) is 19.3 Å². The maximum Gasteiger partial charge on any atom is 0.472 e. The Balaban J connectivity index is 5.22. The van der Waals surface area contributed by atoms with Gasteiger partial charge in [-0.1, -0.05) is 280 Å². The Morgan fingerprint density at radius 1 is 0.287 bits per heavy atom. The molecule has 0 aliphatic rings. The van der Waals surface area contributed by atoms with Crippen molar-refractivity contribution in [2.24, 2.45) is 23.7 Å². The lowest BCUT2D eigenvalue weighted by molar-refractivity contribution is -0.161. The smallest absolute Gasteiger partial charge is 0.462 e. The molecule has 0 aromatic heterocycles. The van der Waals surface area contributed by atoms with Crippen LogP contribution in [0.2, 0.25) is 0 Å². The summed E-state index contributed by atoms with van der Waals surface area (Å²) in [7, 11) is -9.90. The van der Waals surface area contributed by atoms with Gasteiger partial charge in [-0.05, 0) is 49.4 Å². The number of hydrogen-bond donors (Lipinski definition) is 3. The first-order valence-electron chi connectivity index (χ1n) is 35.2. The van der Waals surface area contributed by atoms with Crippen LogP contribution in [0.15, 0.2) is 0 Å². The molecule has 17 nitrogen and oxygen atoms in total. The average molecular weight is 1280 g/mol. The Morgan fingerprint density at radius 2 is 0.483 bits per heavy atom. The highest BCUT2D eigenvalue weighted by Crippen LogP contribution is 2.45. The zero-order valence-electron chi connectivity index (χ0n) is 56.6. The molecule has 0 fully saturated rings. The summed E-state index contributed by atoms with van der Waals surface area (Å²) in [4.78, 5) is 72.4. The van der Waals surface area contributed by atoms with Crippen molar-refractivity contribution in [1.29, 1.82) is 0 Å². The monoisotopic (exact) mass is 1280 g/mol. The molecular weight excluding hydrogens is 1150 g/mol. The number of rotatable bonds is 65. The van der Waals surface area contributed by atoms with E-state index in [0.29, 0.717) is 31.6 Å². The van der Waals surface area contributed by atoms with Gasteiger partial charge in [-0.15, -0.1) is 0 Å². The molecule has 0 aliphatic carbocycles. The second-order valence-corrected chi connectivity index (χ2v) is 29.4. The van der Waals surface area contributed by atoms with E-state index in [0.717, 1.165) is 114 Å². The lowest BCUT2D eigenvalue weighted by Gasteiger charge is -2.21. The van der Waals surface area contributed by atoms with Crippen LogP contribution in [0.5, 0.6) is 0 Å². The maximum atomic E-state index is 13.0. The summed E-state index contributed by atoms with van der Waals surface area (Å²) in [6.07, 6.45) is 39.2. The number of phosphoric ester groups is 2. The zero-order chi connectivity index (χ0) is 64.7. The van der Waals surface area contributed by atoms with Crippen LogP contribution in [0.3, 0.4) is 0 Å². The third-order valence-corrected chi connectivity index (χ3v) is 17.5. The Labute approximate surface area is 530 Å². The van der Waals surface area contributed by atoms with E-state index in [9.17, 15) is 43.2 Å². The predicted octanol–water partition coefficient (Wildman–Crippen LogP) is 18.9. The molecule has 516 valence electrons. The molecule has 19 heteroatoms. The third kappa shape index (κ3) is 62.6. The molecule has 3 N–H and O–H groups in total. The van der Waals surface area contributed by atoms with E-state index in [1.165, 1.54) is 128 Å². The van der Waals surface area contributed by atoms with Gasteiger partial charge in [0, 0.05) is 25.7 Å². The molecule has 87 heavy (non-hydrogen) atoms. The summed E-state index contributed by atoms with van der Waals surface area (Å²) < 4.78 is 68.1. The van der Waals surface area contributed by atoms with Crippen LogP contribution in [-0.4, -0.2) is 96.7 Å². The van der Waals surface area contributed by atoms with E-state index < -0.39 is 97.5 Å². The number of esters is 4. The van der Waals surface area contributed by atoms with Crippen LogP contribution >= 0.6 is 15.6 Å². The van der Waals surface area contributed by atoms with Gasteiger partial charge in [0.2, 0.25) is 0 Å². The van der Waals surface area contributed by atoms with Crippen molar-refractivity contribution in [2.45, 2.75) is 350 Å². The van der Waals surface area contributed by atoms with E-state index in [1.807, 2.05) is 0 Å². The van der Waals surface area contributed by atoms with Gasteiger partial charge in [0.25, 0.3) is 0 Å². The molecule has 0 rings (SSSR count). The van der Waals surface area contributed by atoms with E-state index in [2.05, 4.69) is 55.4 Å². The average Bonchev–Trinajstić information content (AvgIpc) is 3.63. The van der Waals surface area contributed by atoms with Gasteiger partial charge < -0.3 is 33.8 Å². The normalized spacial score (nSPS) is 14.3. The summed E-state index contributed by atoms with van der Waals surface area (Å²) in [5.74, 6) is 0.770. The minimum absolute atomic E-state index is 0.103. The molecule has 0 bridgehead atoms. The molecule has 0 aliphatic heterocycles. The molecule has 0 heterocycles. The molecule has 0 saturated carbocycles. The second-order valence-electron chi connectivity index (χ2n) is 26.5. The molecule has 2 unspecified atom stereocenters. The van der Waals surface area contributed by atoms with Gasteiger partial charge in [-0.2, -0.15) is 0 Å². The quantitative estimate of drug-likeness (QED) is 0.0222. The van der Waals surface area contributed by atoms with Crippen molar-refractivity contribution in [3.05, 3.63) is 0 Å². The van der Waals surface area contributed by atoms with Crippen LogP contribution in [0.1, 0.15) is 331 Å². The summed E-state index contributed by atoms with van der Waals surface area (Å²) in [5, 5.41) is 10.6. The summed E-state index contributed by atoms with van der Waals surface area (Å²) in [6.45, 7) is 14.0. The molecule has 0 saturated heterocycles. The van der Waals surface area contributed by atoms with Crippen molar-refractivity contribution in [1.82, 2.24) is 0 Å². The Kier molecular flexibility index (Phi) is 56.6. The van der Waals surface area contributed by atoms with E-state index >= 15 is 0 Å². The first-order valence-corrected chi connectivity index (χ1v) is 38.2. The lowest BCUT2D eigenvalue weighted by atomic mass is 10.0. The van der Waals surface area contributed by atoms with E-state index in [-0.39, 0.29) is 25.7 Å². The van der Waals surface area contributed by atoms with Crippen LogP contribution < -0.4 is 0 Å². The summed E-state index contributed by atoms with van der Waals surface area (Å²) in [5.41, 5.74) is 0. The highest BCUT2D eigenvalue weighted by Gasteiger charge is 2.30. The third-order valence-electron chi connectivity index (χ3n) is 15.6. The number of phosphoric acid groups is 2. The van der Waals surface area contributed by atoms with Gasteiger partial charge in [-0.3, -0.25) is 37.3 Å². The zero-order valence-corrected chi connectivity index (χ0v) is 58.4. The van der Waals surface area contributed by atoms with Gasteiger partial charge >= 0.3 is 39.5 Å². The molecule has 0 aromatic rings. The standard InChI is InChI=1S/C68H132O17P2/c1-58(2)44-36-28-20-14-12-10-9-11-13-15-23-32-40-48-65(70)78-54-63(84-67(72)50-42-34-24-18-16-21-29-37-45-59(3)4)56-82-86(74,75)80-52-62(69)53-81-87(76,77)83-57-64(55-79-66(71)49-41-33-27-26-31-39-47-61(7)8)85-68(73)51-43-35-25-19-17-22-30-38-46-60(5)6/h58-64,69H,9-57H2,1-8H3,(H,74,75)(H,76,77)/t62-,63-,64-/m1/s1. The Morgan fingerprint density at radius 3 is 0.713 bits per heavy atom. The van der Waals surface area contributed by atoms with Crippen molar-refractivity contribution in [3.8, 4) is 0 Å². The van der Waals surface area contributed by atoms with Crippen LogP contribution in [-0.2, 0) is 65.4 Å². The molecule has 0 spiro atoms. The fourth-order valence-corrected chi connectivity index (χ4v) is 11.7. The number of carbonyl (C=O) groups excluding carboxylic acids is 4.